The third kappa shape index (κ3) is 2.75. The molecule has 39 heavy (non-hydrogen) atoms. The van der Waals surface area contributed by atoms with Crippen LogP contribution in [0.25, 0.3) is 0 Å². The normalized spacial score (nSPS) is 46.2. The molecule has 8 nitrogen and oxygen atoms in total. The molecule has 0 amide bonds. The number of Topliss-reactive ketones (excluding diaryl/α,β-unsaturated/α-hetero) is 1. The first-order valence-electron chi connectivity index (χ1n) is 14.0. The van der Waals surface area contributed by atoms with Crippen molar-refractivity contribution in [1.29, 1.82) is 0 Å². The molecule has 4 aliphatic carbocycles. The highest BCUT2D eigenvalue weighted by Crippen LogP contribution is 2.81. The summed E-state index contributed by atoms with van der Waals surface area (Å²) in [6.07, 6.45) is 4.90. The molecule has 0 unspecified atom stereocenters. The number of rotatable bonds is 4. The zero-order valence-electron chi connectivity index (χ0n) is 23.6. The molecule has 5 aliphatic rings. The molecule has 1 saturated heterocycles. The average molecular weight is 539 g/mol. The zero-order valence-corrected chi connectivity index (χ0v) is 23.6. The number of aliphatic hydroxyl groups is 2. The minimum atomic E-state index is -1.37. The molecule has 6 rings (SSSR count). The number of esters is 1. The van der Waals surface area contributed by atoms with E-state index in [1.54, 1.807) is 46.3 Å². The highest BCUT2D eigenvalue weighted by atomic mass is 16.6. The quantitative estimate of drug-likeness (QED) is 0.426. The zero-order chi connectivity index (χ0) is 28.5. The van der Waals surface area contributed by atoms with Crippen molar-refractivity contribution in [2.24, 2.45) is 33.5 Å². The van der Waals surface area contributed by atoms with Crippen LogP contribution in [-0.2, 0) is 23.9 Å². The predicted octanol–water partition coefficient (Wildman–Crippen LogP) is 4.43. The van der Waals surface area contributed by atoms with Crippen LogP contribution in [0.4, 0.5) is 0 Å². The van der Waals surface area contributed by atoms with Crippen LogP contribution in [0.2, 0.25) is 0 Å². The number of furan rings is 1. The van der Waals surface area contributed by atoms with E-state index < -0.39 is 62.9 Å². The molecule has 3 fully saturated rings. The standard InChI is InChI=1S/C31H38O8/c1-8-15(2)26(36)38-25-21(34)23-28(5)11-9-18(32)27(3,4)22(28)20(33)24(35)30(23,7)31-19(39-31)13-17(29(25,31)6)16-10-12-37-14-16/h9-12,14-15,17,19,21,23,25,33-34H,8,13H2,1-7H3/t15-,17+,19-,21+,23-,25+,28+,29-,30+,31-/m1/s1. The summed E-state index contributed by atoms with van der Waals surface area (Å²) in [5.41, 5.74) is -4.57. The third-order valence-corrected chi connectivity index (χ3v) is 11.5. The highest BCUT2D eigenvalue weighted by Gasteiger charge is 2.91. The summed E-state index contributed by atoms with van der Waals surface area (Å²) in [6, 6.07) is 1.86. The van der Waals surface area contributed by atoms with Gasteiger partial charge in [0.15, 0.2) is 11.5 Å². The Hall–Kier alpha value is -2.71. The molecule has 2 N–H and O–H groups in total. The van der Waals surface area contributed by atoms with E-state index in [1.807, 2.05) is 26.8 Å². The smallest absolute Gasteiger partial charge is 0.309 e. The largest absolute Gasteiger partial charge is 0.504 e. The van der Waals surface area contributed by atoms with Crippen molar-refractivity contribution < 1.29 is 38.5 Å². The molecule has 1 aromatic rings. The second kappa shape index (κ2) is 7.72. The molecule has 0 radical (unpaired) electrons. The summed E-state index contributed by atoms with van der Waals surface area (Å²) in [7, 11) is 0. The molecule has 8 heteroatoms. The van der Waals surface area contributed by atoms with Crippen molar-refractivity contribution in [2.45, 2.75) is 91.1 Å². The summed E-state index contributed by atoms with van der Waals surface area (Å²) in [4.78, 5) is 40.8. The van der Waals surface area contributed by atoms with Crippen molar-refractivity contribution >= 4 is 17.5 Å². The van der Waals surface area contributed by atoms with Gasteiger partial charge in [-0.25, -0.2) is 0 Å². The van der Waals surface area contributed by atoms with E-state index in [4.69, 9.17) is 13.9 Å². The Bertz CT molecular complexity index is 1340. The first-order valence-corrected chi connectivity index (χ1v) is 14.0. The van der Waals surface area contributed by atoms with Gasteiger partial charge in [-0.2, -0.15) is 0 Å². The summed E-state index contributed by atoms with van der Waals surface area (Å²) >= 11 is 0. The number of aliphatic hydroxyl groups excluding tert-OH is 2. The SMILES string of the molecule is CC[C@@H](C)C(=O)O[C@H]1[C@@H](O)[C@@H]2[C@@]3(C)C=CC(=O)C(C)(C)C3=C(O)C(=O)[C@@]2(C)[C@@]23O[C@@H]2C[C@@H](c2ccoc2)[C@]13C. The summed E-state index contributed by atoms with van der Waals surface area (Å²) in [5.74, 6) is -3.07. The van der Waals surface area contributed by atoms with Crippen LogP contribution in [0, 0.1) is 33.5 Å². The Morgan fingerprint density at radius 2 is 1.90 bits per heavy atom. The van der Waals surface area contributed by atoms with E-state index >= 15 is 0 Å². The number of ketones is 2. The van der Waals surface area contributed by atoms with Crippen LogP contribution in [-0.4, -0.2) is 51.7 Å². The van der Waals surface area contributed by atoms with E-state index in [9.17, 15) is 24.6 Å². The van der Waals surface area contributed by atoms with Crippen molar-refractivity contribution in [3.63, 3.8) is 0 Å². The molecule has 1 spiro atoms. The fourth-order valence-corrected chi connectivity index (χ4v) is 9.45. The number of carbonyl (C=O) groups is 3. The molecule has 10 atom stereocenters. The van der Waals surface area contributed by atoms with Gasteiger partial charge in [0.1, 0.15) is 11.7 Å². The molecule has 210 valence electrons. The Morgan fingerprint density at radius 1 is 1.21 bits per heavy atom. The van der Waals surface area contributed by atoms with Gasteiger partial charge in [-0.1, -0.05) is 33.8 Å². The van der Waals surface area contributed by atoms with Crippen LogP contribution < -0.4 is 0 Å². The highest BCUT2D eigenvalue weighted by molar-refractivity contribution is 6.06. The monoisotopic (exact) mass is 538 g/mol. The second-order valence-corrected chi connectivity index (χ2v) is 13.5. The van der Waals surface area contributed by atoms with Gasteiger partial charge >= 0.3 is 5.97 Å². The maximum Gasteiger partial charge on any atom is 0.309 e. The average Bonchev–Trinajstić information content (AvgIpc) is 3.24. The Kier molecular flexibility index (Phi) is 5.25. The van der Waals surface area contributed by atoms with Gasteiger partial charge < -0.3 is 24.1 Å². The summed E-state index contributed by atoms with van der Waals surface area (Å²) in [5, 5.41) is 24.0. The van der Waals surface area contributed by atoms with Gasteiger partial charge in [0, 0.05) is 22.7 Å². The van der Waals surface area contributed by atoms with Crippen LogP contribution in [0.3, 0.4) is 0 Å². The maximum absolute atomic E-state index is 14.5. The van der Waals surface area contributed by atoms with E-state index in [0.717, 1.165) is 5.56 Å². The van der Waals surface area contributed by atoms with Crippen LogP contribution in [0.1, 0.15) is 72.8 Å². The van der Waals surface area contributed by atoms with E-state index in [2.05, 4.69) is 0 Å². The molecule has 1 aliphatic heterocycles. The molecule has 2 saturated carbocycles. The van der Waals surface area contributed by atoms with Crippen LogP contribution in [0.15, 0.2) is 46.5 Å². The number of fused-ring (bicyclic) bond motifs is 3. The molecule has 1 aromatic heterocycles. The Morgan fingerprint density at radius 3 is 2.51 bits per heavy atom. The minimum Gasteiger partial charge on any atom is -0.504 e. The number of allylic oxidation sites excluding steroid dienone is 4. The molecule has 0 aromatic carbocycles. The van der Waals surface area contributed by atoms with E-state index in [-0.39, 0.29) is 23.7 Å². The van der Waals surface area contributed by atoms with Crippen molar-refractivity contribution in [3.8, 4) is 0 Å². The van der Waals surface area contributed by atoms with Gasteiger partial charge in [0.25, 0.3) is 0 Å². The van der Waals surface area contributed by atoms with Gasteiger partial charge in [-0.3, -0.25) is 14.4 Å². The second-order valence-electron chi connectivity index (χ2n) is 13.5. The third-order valence-electron chi connectivity index (χ3n) is 11.5. The Balaban J connectivity index is 1.62. The van der Waals surface area contributed by atoms with Crippen molar-refractivity contribution in [2.75, 3.05) is 0 Å². The van der Waals surface area contributed by atoms with Crippen molar-refractivity contribution in [1.82, 2.24) is 0 Å². The topological polar surface area (TPSA) is 127 Å². The Labute approximate surface area is 228 Å². The van der Waals surface area contributed by atoms with Gasteiger partial charge in [0.05, 0.1) is 41.5 Å². The van der Waals surface area contributed by atoms with Gasteiger partial charge in [0.2, 0.25) is 5.78 Å². The maximum atomic E-state index is 14.5. The molecular weight excluding hydrogens is 500 g/mol. The predicted molar refractivity (Wildman–Crippen MR) is 139 cm³/mol. The number of carbonyl (C=O) groups excluding carboxylic acids is 3. The number of hydrogen-bond donors (Lipinski definition) is 2. The molecular formula is C31H38O8. The van der Waals surface area contributed by atoms with E-state index in [1.165, 1.54) is 6.08 Å². The molecule has 0 bridgehead atoms. The lowest BCUT2D eigenvalue weighted by Crippen LogP contribution is -2.75. The lowest BCUT2D eigenvalue weighted by atomic mass is 9.38. The fourth-order valence-electron chi connectivity index (χ4n) is 9.45. The van der Waals surface area contributed by atoms with Crippen LogP contribution >= 0.6 is 0 Å². The molecule has 2 heterocycles. The minimum absolute atomic E-state index is 0.229. The van der Waals surface area contributed by atoms with E-state index in [0.29, 0.717) is 18.4 Å². The first kappa shape index (κ1) is 26.5. The van der Waals surface area contributed by atoms with Gasteiger partial charge in [-0.15, -0.1) is 0 Å². The first-order chi connectivity index (χ1) is 18.2. The van der Waals surface area contributed by atoms with Crippen LogP contribution in [0.5, 0.6) is 0 Å². The lowest BCUT2D eigenvalue weighted by molar-refractivity contribution is -0.242. The number of epoxide rings is 1. The number of hydrogen-bond acceptors (Lipinski definition) is 8. The number of ether oxygens (including phenoxy) is 2. The fraction of sp³-hybridized carbons (Fsp3) is 0.645. The summed E-state index contributed by atoms with van der Waals surface area (Å²) in [6.45, 7) is 12.7. The summed E-state index contributed by atoms with van der Waals surface area (Å²) < 4.78 is 18.2. The van der Waals surface area contributed by atoms with Gasteiger partial charge in [-0.05, 0) is 56.9 Å². The van der Waals surface area contributed by atoms with Crippen molar-refractivity contribution in [3.05, 3.63) is 47.6 Å². The lowest BCUT2D eigenvalue weighted by Gasteiger charge is -2.65.